The van der Waals surface area contributed by atoms with Gasteiger partial charge in [-0.15, -0.1) is 0 Å². The third-order valence-electron chi connectivity index (χ3n) is 2.17. The molecule has 2 unspecified atom stereocenters. The van der Waals surface area contributed by atoms with Crippen LogP contribution in [0.15, 0.2) is 0 Å². The van der Waals surface area contributed by atoms with E-state index in [0.717, 1.165) is 6.42 Å². The fraction of sp³-hybridized carbons (Fsp3) is 0.875. The molecule has 3 nitrogen and oxygen atoms in total. The number of aliphatic carboxylic acids is 1. The summed E-state index contributed by atoms with van der Waals surface area (Å²) in [6.45, 7) is 2.63. The maximum absolute atomic E-state index is 10.6. The summed E-state index contributed by atoms with van der Waals surface area (Å²) >= 11 is 0. The largest absolute Gasteiger partial charge is 0.481 e. The van der Waals surface area contributed by atoms with Crippen LogP contribution in [0, 0.1) is 5.92 Å². The van der Waals surface area contributed by atoms with Crippen molar-refractivity contribution in [1.29, 1.82) is 0 Å². The third-order valence-corrected chi connectivity index (χ3v) is 2.17. The molecule has 11 heavy (non-hydrogen) atoms. The number of hydrogen-bond donors (Lipinski definition) is 1. The summed E-state index contributed by atoms with van der Waals surface area (Å²) in [7, 11) is 0. The van der Waals surface area contributed by atoms with Gasteiger partial charge in [-0.25, -0.2) is 0 Å². The second-order valence-electron chi connectivity index (χ2n) is 2.96. The lowest BCUT2D eigenvalue weighted by Crippen LogP contribution is -2.29. The number of rotatable bonds is 2. The minimum absolute atomic E-state index is 0.171. The van der Waals surface area contributed by atoms with Gasteiger partial charge < -0.3 is 9.84 Å². The number of carboxylic acids is 1. The molecule has 0 aromatic heterocycles. The van der Waals surface area contributed by atoms with E-state index in [2.05, 4.69) is 0 Å². The SMILES string of the molecule is CCC1CC(C(=O)O)CCO1. The predicted molar refractivity (Wildman–Crippen MR) is 40.4 cm³/mol. The number of carbonyl (C=O) groups is 1. The molecule has 1 aliphatic rings. The summed E-state index contributed by atoms with van der Waals surface area (Å²) in [6.07, 6.45) is 2.45. The van der Waals surface area contributed by atoms with Crippen LogP contribution in [-0.4, -0.2) is 23.8 Å². The van der Waals surface area contributed by atoms with E-state index < -0.39 is 5.97 Å². The highest BCUT2D eigenvalue weighted by Gasteiger charge is 2.26. The van der Waals surface area contributed by atoms with Crippen LogP contribution in [0.5, 0.6) is 0 Å². The standard InChI is InChI=1S/C8H14O3/c1-2-7-5-6(8(9)10)3-4-11-7/h6-7H,2-5H2,1H3,(H,9,10). The smallest absolute Gasteiger partial charge is 0.306 e. The highest BCUT2D eigenvalue weighted by atomic mass is 16.5. The van der Waals surface area contributed by atoms with Crippen molar-refractivity contribution in [3.05, 3.63) is 0 Å². The van der Waals surface area contributed by atoms with Crippen molar-refractivity contribution in [1.82, 2.24) is 0 Å². The van der Waals surface area contributed by atoms with Crippen molar-refractivity contribution in [2.45, 2.75) is 32.3 Å². The van der Waals surface area contributed by atoms with Crippen LogP contribution in [0.25, 0.3) is 0 Å². The summed E-state index contributed by atoms with van der Waals surface area (Å²) in [5.74, 6) is -0.847. The molecule has 0 bridgehead atoms. The van der Waals surface area contributed by atoms with E-state index in [0.29, 0.717) is 19.4 Å². The Morgan fingerprint density at radius 3 is 3.00 bits per heavy atom. The number of ether oxygens (including phenoxy) is 1. The van der Waals surface area contributed by atoms with Crippen molar-refractivity contribution < 1.29 is 14.6 Å². The zero-order valence-corrected chi connectivity index (χ0v) is 6.75. The Morgan fingerprint density at radius 2 is 2.45 bits per heavy atom. The summed E-state index contributed by atoms with van der Waals surface area (Å²) in [6, 6.07) is 0. The van der Waals surface area contributed by atoms with Gasteiger partial charge in [-0.05, 0) is 19.3 Å². The zero-order valence-electron chi connectivity index (χ0n) is 6.75. The van der Waals surface area contributed by atoms with E-state index in [1.165, 1.54) is 0 Å². The number of carboxylic acid groups (broad SMARTS) is 1. The summed E-state index contributed by atoms with van der Waals surface area (Å²) in [5.41, 5.74) is 0. The molecule has 0 saturated carbocycles. The quantitative estimate of drug-likeness (QED) is 0.658. The Bertz CT molecular complexity index is 144. The fourth-order valence-corrected chi connectivity index (χ4v) is 1.39. The molecule has 1 rings (SSSR count). The van der Waals surface area contributed by atoms with Gasteiger partial charge >= 0.3 is 5.97 Å². The molecule has 3 heteroatoms. The average molecular weight is 158 g/mol. The van der Waals surface area contributed by atoms with E-state index in [4.69, 9.17) is 9.84 Å². The second kappa shape index (κ2) is 3.72. The second-order valence-corrected chi connectivity index (χ2v) is 2.96. The van der Waals surface area contributed by atoms with Crippen molar-refractivity contribution in [3.8, 4) is 0 Å². The normalized spacial score (nSPS) is 31.7. The van der Waals surface area contributed by atoms with Gasteiger partial charge in [0.2, 0.25) is 0 Å². The van der Waals surface area contributed by atoms with E-state index in [9.17, 15) is 4.79 Å². The van der Waals surface area contributed by atoms with E-state index in [1.54, 1.807) is 0 Å². The van der Waals surface area contributed by atoms with Gasteiger partial charge in [0, 0.05) is 6.61 Å². The highest BCUT2D eigenvalue weighted by molar-refractivity contribution is 5.70. The van der Waals surface area contributed by atoms with Gasteiger partial charge in [0.25, 0.3) is 0 Å². The fourth-order valence-electron chi connectivity index (χ4n) is 1.39. The molecular formula is C8H14O3. The van der Waals surface area contributed by atoms with Crippen molar-refractivity contribution in [2.75, 3.05) is 6.61 Å². The first kappa shape index (κ1) is 8.53. The molecule has 1 aliphatic heterocycles. The van der Waals surface area contributed by atoms with Gasteiger partial charge in [-0.1, -0.05) is 6.92 Å². The van der Waals surface area contributed by atoms with Crippen molar-refractivity contribution in [3.63, 3.8) is 0 Å². The van der Waals surface area contributed by atoms with Crippen molar-refractivity contribution in [2.24, 2.45) is 5.92 Å². The summed E-state index contributed by atoms with van der Waals surface area (Å²) in [4.78, 5) is 10.6. The van der Waals surface area contributed by atoms with Gasteiger partial charge in [0.1, 0.15) is 0 Å². The Hall–Kier alpha value is -0.570. The molecule has 2 atom stereocenters. The van der Waals surface area contributed by atoms with E-state index >= 15 is 0 Å². The molecule has 1 fully saturated rings. The minimum atomic E-state index is -0.674. The predicted octanol–water partition coefficient (Wildman–Crippen LogP) is 1.28. The maximum Gasteiger partial charge on any atom is 0.306 e. The summed E-state index contributed by atoms with van der Waals surface area (Å²) in [5, 5.41) is 8.70. The van der Waals surface area contributed by atoms with Crippen LogP contribution in [-0.2, 0) is 9.53 Å². The minimum Gasteiger partial charge on any atom is -0.481 e. The lowest BCUT2D eigenvalue weighted by Gasteiger charge is -2.25. The van der Waals surface area contributed by atoms with Crippen LogP contribution in [0.2, 0.25) is 0 Å². The van der Waals surface area contributed by atoms with Crippen LogP contribution >= 0.6 is 0 Å². The molecule has 0 radical (unpaired) electrons. The first-order chi connectivity index (χ1) is 5.24. The van der Waals surface area contributed by atoms with Gasteiger partial charge in [0.15, 0.2) is 0 Å². The lowest BCUT2D eigenvalue weighted by atomic mass is 9.95. The molecule has 1 saturated heterocycles. The first-order valence-electron chi connectivity index (χ1n) is 4.08. The molecular weight excluding hydrogens is 144 g/mol. The Morgan fingerprint density at radius 1 is 1.73 bits per heavy atom. The van der Waals surface area contributed by atoms with Crippen LogP contribution in [0.1, 0.15) is 26.2 Å². The summed E-state index contributed by atoms with van der Waals surface area (Å²) < 4.78 is 5.34. The topological polar surface area (TPSA) is 46.5 Å². The molecule has 0 amide bonds. The van der Waals surface area contributed by atoms with Gasteiger partial charge in [-0.2, -0.15) is 0 Å². The average Bonchev–Trinajstić information content (AvgIpc) is 2.05. The Kier molecular flexibility index (Phi) is 2.88. The van der Waals surface area contributed by atoms with E-state index in [1.807, 2.05) is 6.92 Å². The zero-order chi connectivity index (χ0) is 8.27. The van der Waals surface area contributed by atoms with Crippen LogP contribution < -0.4 is 0 Å². The molecule has 0 aromatic carbocycles. The lowest BCUT2D eigenvalue weighted by molar-refractivity contribution is -0.147. The molecule has 1 N–H and O–H groups in total. The maximum atomic E-state index is 10.6. The molecule has 64 valence electrons. The molecule has 0 aromatic rings. The number of hydrogen-bond acceptors (Lipinski definition) is 2. The molecule has 0 aliphatic carbocycles. The van der Waals surface area contributed by atoms with Gasteiger partial charge in [-0.3, -0.25) is 4.79 Å². The van der Waals surface area contributed by atoms with Crippen LogP contribution in [0.4, 0.5) is 0 Å². The highest BCUT2D eigenvalue weighted by Crippen LogP contribution is 2.21. The monoisotopic (exact) mass is 158 g/mol. The van der Waals surface area contributed by atoms with E-state index in [-0.39, 0.29) is 12.0 Å². The molecule has 1 heterocycles. The molecule has 0 spiro atoms. The van der Waals surface area contributed by atoms with Crippen LogP contribution in [0.3, 0.4) is 0 Å². The Balaban J connectivity index is 2.39. The van der Waals surface area contributed by atoms with Gasteiger partial charge in [0.05, 0.1) is 12.0 Å². The van der Waals surface area contributed by atoms with Crippen molar-refractivity contribution >= 4 is 5.97 Å². The third kappa shape index (κ3) is 2.19. The first-order valence-corrected chi connectivity index (χ1v) is 4.08. The Labute approximate surface area is 66.4 Å².